The van der Waals surface area contributed by atoms with Crippen molar-refractivity contribution in [2.75, 3.05) is 0 Å². The van der Waals surface area contributed by atoms with Gasteiger partial charge in [0, 0.05) is 0 Å². The molecule has 2 aromatic carbocycles. The van der Waals surface area contributed by atoms with Crippen molar-refractivity contribution >= 4 is 22.1 Å². The fourth-order valence-electron chi connectivity index (χ4n) is 1.58. The van der Waals surface area contributed by atoms with Crippen molar-refractivity contribution in [1.29, 1.82) is 0 Å². The Labute approximate surface area is 108 Å². The Kier molecular flexibility index (Phi) is 3.79. The maximum atomic E-state index is 3.81. The molecule has 19 heavy (non-hydrogen) atoms. The first-order chi connectivity index (χ1) is 8.93. The molecule has 0 aliphatic rings. The molecule has 2 heterocycles. The van der Waals surface area contributed by atoms with Crippen LogP contribution in [0, 0.1) is 0 Å². The monoisotopic (exact) mass is 256 g/mol. The molecule has 0 fully saturated rings. The quantitative estimate of drug-likeness (QED) is 0.490. The smallest absolute Gasteiger partial charge is 0.112 e. The molecule has 0 radical (unpaired) electrons. The molecule has 96 valence electrons. The van der Waals surface area contributed by atoms with Gasteiger partial charge in [-0.15, -0.1) is 10.2 Å². The number of aromatic nitrogens is 6. The average molecular weight is 256 g/mol. The molecular weight excluding hydrogens is 244 g/mol. The molecule has 7 nitrogen and oxygen atoms in total. The third-order valence-electron chi connectivity index (χ3n) is 2.46. The molecule has 0 saturated carbocycles. The molecule has 7 heteroatoms. The average Bonchev–Trinajstić information content (AvgIpc) is 3.08. The fraction of sp³-hybridized carbons (Fsp3) is 0. The molecule has 0 spiro atoms. The van der Waals surface area contributed by atoms with E-state index in [1.807, 2.05) is 48.5 Å². The fourth-order valence-corrected chi connectivity index (χ4v) is 1.58. The van der Waals surface area contributed by atoms with Crippen LogP contribution in [0.3, 0.4) is 0 Å². The van der Waals surface area contributed by atoms with Crippen LogP contribution in [0.1, 0.15) is 0 Å². The van der Waals surface area contributed by atoms with Crippen LogP contribution in [0.4, 0.5) is 0 Å². The number of nitrogens with one attached hydrogen (secondary N) is 2. The summed E-state index contributed by atoms with van der Waals surface area (Å²) in [6.07, 6.45) is 0. The van der Waals surface area contributed by atoms with Gasteiger partial charge in [0.25, 0.3) is 0 Å². The summed E-state index contributed by atoms with van der Waals surface area (Å²) in [5.41, 5.74) is 3.80. The van der Waals surface area contributed by atoms with E-state index >= 15 is 0 Å². The Morgan fingerprint density at radius 2 is 1.05 bits per heavy atom. The van der Waals surface area contributed by atoms with Gasteiger partial charge in [0.2, 0.25) is 0 Å². The summed E-state index contributed by atoms with van der Waals surface area (Å²) in [6.45, 7) is 0. The van der Waals surface area contributed by atoms with Crippen LogP contribution in [-0.4, -0.2) is 36.3 Å². The highest BCUT2D eigenvalue weighted by atomic mass is 16.0. The van der Waals surface area contributed by atoms with E-state index in [-0.39, 0.29) is 5.48 Å². The van der Waals surface area contributed by atoms with Gasteiger partial charge < -0.3 is 5.48 Å². The molecule has 4 aromatic rings. The molecular formula is C12H12N6O. The van der Waals surface area contributed by atoms with E-state index in [0.717, 1.165) is 22.1 Å². The minimum atomic E-state index is 0. The summed E-state index contributed by atoms with van der Waals surface area (Å²) < 4.78 is 0. The minimum Gasteiger partial charge on any atom is -0.412 e. The zero-order chi connectivity index (χ0) is 12.2. The second kappa shape index (κ2) is 5.69. The molecule has 0 aliphatic heterocycles. The molecule has 0 aliphatic carbocycles. The molecule has 0 amide bonds. The lowest BCUT2D eigenvalue weighted by Gasteiger charge is -1.79. The maximum Gasteiger partial charge on any atom is 0.112 e. The van der Waals surface area contributed by atoms with Crippen molar-refractivity contribution in [3.63, 3.8) is 0 Å². The van der Waals surface area contributed by atoms with E-state index in [0.29, 0.717) is 0 Å². The van der Waals surface area contributed by atoms with E-state index in [1.54, 1.807) is 0 Å². The normalized spacial score (nSPS) is 9.68. The Morgan fingerprint density at radius 3 is 1.47 bits per heavy atom. The highest BCUT2D eigenvalue weighted by Gasteiger charge is 1.90. The number of rotatable bonds is 0. The molecule has 4 N–H and O–H groups in total. The first kappa shape index (κ1) is 12.7. The summed E-state index contributed by atoms with van der Waals surface area (Å²) in [5.74, 6) is 0. The van der Waals surface area contributed by atoms with Crippen molar-refractivity contribution in [1.82, 2.24) is 30.8 Å². The Balaban J connectivity index is 0.000000133. The SMILES string of the molecule is O.c1ccc2[nH]nnc2c1.c1ccc2[nH]nnc2c1. The molecule has 0 bridgehead atoms. The number of hydrogen-bond donors (Lipinski definition) is 2. The van der Waals surface area contributed by atoms with Gasteiger partial charge in [-0.2, -0.15) is 0 Å². The topological polar surface area (TPSA) is 115 Å². The number of H-pyrrole nitrogens is 2. The molecule has 4 rings (SSSR count). The Bertz CT molecular complexity index is 636. The van der Waals surface area contributed by atoms with Gasteiger partial charge in [-0.1, -0.05) is 34.7 Å². The second-order valence-corrected chi connectivity index (χ2v) is 3.66. The molecule has 0 unspecified atom stereocenters. The van der Waals surface area contributed by atoms with E-state index in [2.05, 4.69) is 30.8 Å². The Morgan fingerprint density at radius 1 is 0.632 bits per heavy atom. The van der Waals surface area contributed by atoms with Gasteiger partial charge in [-0.25, -0.2) is 0 Å². The highest BCUT2D eigenvalue weighted by molar-refractivity contribution is 5.73. The number of para-hydroxylation sites is 2. The van der Waals surface area contributed by atoms with E-state index in [1.165, 1.54) is 0 Å². The summed E-state index contributed by atoms with van der Waals surface area (Å²) in [5, 5.41) is 20.4. The van der Waals surface area contributed by atoms with E-state index < -0.39 is 0 Å². The zero-order valence-electron chi connectivity index (χ0n) is 9.91. The summed E-state index contributed by atoms with van der Waals surface area (Å²) in [4.78, 5) is 0. The number of fused-ring (bicyclic) bond motifs is 2. The molecule has 0 saturated heterocycles. The lowest BCUT2D eigenvalue weighted by Crippen LogP contribution is -1.63. The van der Waals surface area contributed by atoms with Crippen molar-refractivity contribution < 1.29 is 5.48 Å². The maximum absolute atomic E-state index is 3.81. The van der Waals surface area contributed by atoms with Gasteiger partial charge in [0.05, 0.1) is 11.0 Å². The largest absolute Gasteiger partial charge is 0.412 e. The zero-order valence-corrected chi connectivity index (χ0v) is 9.91. The van der Waals surface area contributed by atoms with Crippen LogP contribution in [-0.2, 0) is 0 Å². The first-order valence-corrected chi connectivity index (χ1v) is 5.45. The Hall–Kier alpha value is -2.80. The third-order valence-corrected chi connectivity index (χ3v) is 2.46. The first-order valence-electron chi connectivity index (χ1n) is 5.45. The van der Waals surface area contributed by atoms with Crippen LogP contribution in [0.5, 0.6) is 0 Å². The number of hydrogen-bond acceptors (Lipinski definition) is 4. The second-order valence-electron chi connectivity index (χ2n) is 3.66. The van der Waals surface area contributed by atoms with Crippen molar-refractivity contribution in [2.45, 2.75) is 0 Å². The van der Waals surface area contributed by atoms with Crippen LogP contribution < -0.4 is 0 Å². The van der Waals surface area contributed by atoms with Crippen molar-refractivity contribution in [3.8, 4) is 0 Å². The van der Waals surface area contributed by atoms with Crippen LogP contribution in [0.2, 0.25) is 0 Å². The van der Waals surface area contributed by atoms with Gasteiger partial charge in [-0.3, -0.25) is 10.2 Å². The van der Waals surface area contributed by atoms with Gasteiger partial charge in [0.1, 0.15) is 11.0 Å². The predicted molar refractivity (Wildman–Crippen MR) is 71.4 cm³/mol. The van der Waals surface area contributed by atoms with Crippen molar-refractivity contribution in [3.05, 3.63) is 48.5 Å². The number of benzene rings is 2. The standard InChI is InChI=1S/2C6H5N3.H2O/c2*1-2-4-6-5(3-1)7-9-8-6;/h2*1-4H,(H,7,8,9);1H2. The van der Waals surface area contributed by atoms with E-state index in [9.17, 15) is 0 Å². The molecule has 0 atom stereocenters. The predicted octanol–water partition coefficient (Wildman–Crippen LogP) is 1.09. The van der Waals surface area contributed by atoms with Crippen LogP contribution in [0.25, 0.3) is 22.1 Å². The van der Waals surface area contributed by atoms with Gasteiger partial charge in [-0.05, 0) is 24.3 Å². The van der Waals surface area contributed by atoms with Gasteiger partial charge in [0.15, 0.2) is 0 Å². The summed E-state index contributed by atoms with van der Waals surface area (Å²) >= 11 is 0. The van der Waals surface area contributed by atoms with Crippen LogP contribution in [0.15, 0.2) is 48.5 Å². The number of nitrogens with zero attached hydrogens (tertiary/aromatic N) is 4. The minimum absolute atomic E-state index is 0. The lowest BCUT2D eigenvalue weighted by atomic mass is 10.3. The highest BCUT2D eigenvalue weighted by Crippen LogP contribution is 2.04. The molecule has 2 aromatic heterocycles. The lowest BCUT2D eigenvalue weighted by molar-refractivity contribution is 0.824. The van der Waals surface area contributed by atoms with Crippen LogP contribution >= 0.6 is 0 Å². The summed E-state index contributed by atoms with van der Waals surface area (Å²) in [6, 6.07) is 15.5. The van der Waals surface area contributed by atoms with E-state index in [4.69, 9.17) is 0 Å². The van der Waals surface area contributed by atoms with Crippen molar-refractivity contribution in [2.24, 2.45) is 0 Å². The summed E-state index contributed by atoms with van der Waals surface area (Å²) in [7, 11) is 0. The number of aromatic amines is 2. The van der Waals surface area contributed by atoms with Gasteiger partial charge >= 0.3 is 0 Å². The third kappa shape index (κ3) is 2.72.